The van der Waals surface area contributed by atoms with Crippen LogP contribution in [0.15, 0.2) is 42.0 Å². The molecule has 0 aliphatic carbocycles. The van der Waals surface area contributed by atoms with E-state index in [9.17, 15) is 18.0 Å². The molecule has 0 spiro atoms. The van der Waals surface area contributed by atoms with Crippen molar-refractivity contribution in [1.29, 1.82) is 0 Å². The van der Waals surface area contributed by atoms with Crippen molar-refractivity contribution in [3.05, 3.63) is 52.6 Å². The second-order valence-electron chi connectivity index (χ2n) is 5.77. The van der Waals surface area contributed by atoms with Gasteiger partial charge in [0, 0.05) is 16.1 Å². The summed E-state index contributed by atoms with van der Waals surface area (Å²) in [6.07, 6.45) is -6.49. The zero-order valence-corrected chi connectivity index (χ0v) is 14.8. The van der Waals surface area contributed by atoms with Crippen molar-refractivity contribution in [3.63, 3.8) is 0 Å². The van der Waals surface area contributed by atoms with Crippen LogP contribution >= 0.6 is 11.6 Å². The molecule has 0 radical (unpaired) electrons. The molecule has 1 heterocycles. The molecule has 4 nitrogen and oxygen atoms in total. The van der Waals surface area contributed by atoms with Crippen molar-refractivity contribution in [2.75, 3.05) is 6.61 Å². The minimum atomic E-state index is -4.88. The molecule has 1 unspecified atom stereocenters. The first-order valence-electron chi connectivity index (χ1n) is 7.95. The van der Waals surface area contributed by atoms with E-state index < -0.39 is 23.8 Å². The van der Waals surface area contributed by atoms with Crippen molar-refractivity contribution in [1.82, 2.24) is 0 Å². The standard InChI is InChI=1S/C19H14ClF3O4/c1-2-26-13-5-3-10(4-6-13)14-9-12(20)7-11-8-15(18(24)25)17(19(21,22)23)27-16(11)14/h3-9,17H,2H2,1H3,(H,24,25). The molecule has 3 rings (SSSR count). The Morgan fingerprint density at radius 3 is 2.48 bits per heavy atom. The maximum absolute atomic E-state index is 13.3. The molecule has 0 aromatic heterocycles. The van der Waals surface area contributed by atoms with E-state index in [1.165, 1.54) is 12.1 Å². The van der Waals surface area contributed by atoms with Crippen LogP contribution in [0.4, 0.5) is 13.2 Å². The average molecular weight is 399 g/mol. The predicted octanol–water partition coefficient (Wildman–Crippen LogP) is 5.20. The largest absolute Gasteiger partial charge is 0.494 e. The molecule has 8 heteroatoms. The van der Waals surface area contributed by atoms with E-state index in [1.54, 1.807) is 24.3 Å². The second kappa shape index (κ2) is 7.15. The van der Waals surface area contributed by atoms with E-state index in [1.807, 2.05) is 6.92 Å². The Morgan fingerprint density at radius 2 is 1.93 bits per heavy atom. The summed E-state index contributed by atoms with van der Waals surface area (Å²) in [5.41, 5.74) is 0.167. The Bertz CT molecular complexity index is 904. The van der Waals surface area contributed by atoms with Gasteiger partial charge in [0.2, 0.25) is 6.10 Å². The van der Waals surface area contributed by atoms with Crippen molar-refractivity contribution >= 4 is 23.6 Å². The van der Waals surface area contributed by atoms with Crippen molar-refractivity contribution in [2.24, 2.45) is 0 Å². The fourth-order valence-electron chi connectivity index (χ4n) is 2.81. The van der Waals surface area contributed by atoms with Crippen LogP contribution in [-0.4, -0.2) is 30.0 Å². The lowest BCUT2D eigenvalue weighted by Gasteiger charge is -2.28. The lowest BCUT2D eigenvalue weighted by atomic mass is 9.95. The quantitative estimate of drug-likeness (QED) is 0.769. The van der Waals surface area contributed by atoms with Gasteiger partial charge in [-0.25, -0.2) is 4.79 Å². The van der Waals surface area contributed by atoms with Gasteiger partial charge in [0.05, 0.1) is 12.2 Å². The highest BCUT2D eigenvalue weighted by Crippen LogP contribution is 2.44. The molecule has 0 saturated carbocycles. The van der Waals surface area contributed by atoms with Crippen LogP contribution in [0.25, 0.3) is 17.2 Å². The van der Waals surface area contributed by atoms with E-state index in [0.29, 0.717) is 23.5 Å². The molecule has 1 aliphatic heterocycles. The monoisotopic (exact) mass is 398 g/mol. The number of alkyl halides is 3. The minimum Gasteiger partial charge on any atom is -0.494 e. The van der Waals surface area contributed by atoms with Gasteiger partial charge in [-0.2, -0.15) is 13.2 Å². The third-order valence-electron chi connectivity index (χ3n) is 3.93. The molecule has 0 bridgehead atoms. The number of benzene rings is 2. The number of ether oxygens (including phenoxy) is 2. The number of hydrogen-bond donors (Lipinski definition) is 1. The Labute approximate surface area is 157 Å². The molecular formula is C19H14ClF3O4. The van der Waals surface area contributed by atoms with Crippen LogP contribution in [0.2, 0.25) is 5.02 Å². The summed E-state index contributed by atoms with van der Waals surface area (Å²) >= 11 is 6.09. The molecule has 2 aromatic carbocycles. The second-order valence-corrected chi connectivity index (χ2v) is 6.21. The zero-order chi connectivity index (χ0) is 19.8. The Balaban J connectivity index is 2.14. The molecule has 1 N–H and O–H groups in total. The SMILES string of the molecule is CCOc1ccc(-c2cc(Cl)cc3c2OC(C(F)(F)F)C(C(=O)O)=C3)cc1. The van der Waals surface area contributed by atoms with Gasteiger partial charge in [-0.1, -0.05) is 23.7 Å². The van der Waals surface area contributed by atoms with Crippen molar-refractivity contribution in [2.45, 2.75) is 19.2 Å². The van der Waals surface area contributed by atoms with Gasteiger partial charge in [0.1, 0.15) is 11.5 Å². The fourth-order valence-corrected chi connectivity index (χ4v) is 3.03. The van der Waals surface area contributed by atoms with Crippen molar-refractivity contribution in [3.8, 4) is 22.6 Å². The van der Waals surface area contributed by atoms with E-state index in [0.717, 1.165) is 6.08 Å². The van der Waals surface area contributed by atoms with Crippen LogP contribution in [0.3, 0.4) is 0 Å². The summed E-state index contributed by atoms with van der Waals surface area (Å²) in [7, 11) is 0. The summed E-state index contributed by atoms with van der Waals surface area (Å²) in [5.74, 6) is -1.17. The van der Waals surface area contributed by atoms with E-state index in [2.05, 4.69) is 0 Å². The third kappa shape index (κ3) is 3.88. The normalized spacial score (nSPS) is 16.2. The molecular weight excluding hydrogens is 385 g/mol. The molecule has 1 aliphatic rings. The number of carboxylic acid groups (broad SMARTS) is 1. The van der Waals surface area contributed by atoms with Gasteiger partial charge in [-0.3, -0.25) is 0 Å². The molecule has 27 heavy (non-hydrogen) atoms. The van der Waals surface area contributed by atoms with Gasteiger partial charge in [-0.15, -0.1) is 0 Å². The summed E-state index contributed by atoms with van der Waals surface area (Å²) in [6, 6.07) is 9.52. The molecule has 142 valence electrons. The van der Waals surface area contributed by atoms with E-state index in [4.69, 9.17) is 26.2 Å². The number of aliphatic carboxylic acids is 1. The van der Waals surface area contributed by atoms with Gasteiger partial charge >= 0.3 is 12.1 Å². The van der Waals surface area contributed by atoms with Gasteiger partial charge < -0.3 is 14.6 Å². The summed E-state index contributed by atoms with van der Waals surface area (Å²) in [6.45, 7) is 2.31. The summed E-state index contributed by atoms with van der Waals surface area (Å²) in [5, 5.41) is 9.38. The van der Waals surface area contributed by atoms with Crippen LogP contribution in [0.5, 0.6) is 11.5 Å². The smallest absolute Gasteiger partial charge is 0.430 e. The molecule has 0 fully saturated rings. The van der Waals surface area contributed by atoms with E-state index >= 15 is 0 Å². The molecule has 0 amide bonds. The maximum atomic E-state index is 13.3. The fraction of sp³-hybridized carbons (Fsp3) is 0.211. The maximum Gasteiger partial charge on any atom is 0.430 e. The van der Waals surface area contributed by atoms with Crippen LogP contribution in [0.1, 0.15) is 12.5 Å². The lowest BCUT2D eigenvalue weighted by molar-refractivity contribution is -0.187. The first kappa shape index (κ1) is 19.1. The Hall–Kier alpha value is -2.67. The third-order valence-corrected chi connectivity index (χ3v) is 4.15. The first-order valence-corrected chi connectivity index (χ1v) is 8.33. The van der Waals surface area contributed by atoms with Crippen LogP contribution in [0, 0.1) is 0 Å². The van der Waals surface area contributed by atoms with Gasteiger partial charge in [0.15, 0.2) is 0 Å². The number of carbonyl (C=O) groups is 1. The average Bonchev–Trinajstić information content (AvgIpc) is 2.60. The first-order chi connectivity index (χ1) is 12.7. The number of fused-ring (bicyclic) bond motifs is 1. The van der Waals surface area contributed by atoms with Crippen LogP contribution in [-0.2, 0) is 4.79 Å². The Kier molecular flexibility index (Phi) is 5.06. The molecule has 0 saturated heterocycles. The number of hydrogen-bond acceptors (Lipinski definition) is 3. The highest BCUT2D eigenvalue weighted by atomic mass is 35.5. The number of carboxylic acids is 1. The topological polar surface area (TPSA) is 55.8 Å². The molecule has 1 atom stereocenters. The summed E-state index contributed by atoms with van der Waals surface area (Å²) < 4.78 is 50.5. The van der Waals surface area contributed by atoms with E-state index in [-0.39, 0.29) is 16.3 Å². The van der Waals surface area contributed by atoms with Crippen molar-refractivity contribution < 1.29 is 32.5 Å². The molecule has 2 aromatic rings. The number of halogens is 4. The van der Waals surface area contributed by atoms with Gasteiger partial charge in [0.25, 0.3) is 0 Å². The summed E-state index contributed by atoms with van der Waals surface area (Å²) in [4.78, 5) is 11.3. The zero-order valence-electron chi connectivity index (χ0n) is 14.0. The van der Waals surface area contributed by atoms with Crippen LogP contribution < -0.4 is 9.47 Å². The Morgan fingerprint density at radius 1 is 1.26 bits per heavy atom. The number of rotatable bonds is 4. The predicted molar refractivity (Wildman–Crippen MR) is 94.1 cm³/mol. The highest BCUT2D eigenvalue weighted by molar-refractivity contribution is 6.31. The lowest BCUT2D eigenvalue weighted by Crippen LogP contribution is -2.40. The van der Waals surface area contributed by atoms with Gasteiger partial charge in [-0.05, 0) is 42.8 Å². The highest BCUT2D eigenvalue weighted by Gasteiger charge is 2.48. The minimum absolute atomic E-state index is 0.0733.